The highest BCUT2D eigenvalue weighted by molar-refractivity contribution is 4.98. The molecule has 1 nitrogen and oxygen atoms in total. The molecule has 0 aliphatic heterocycles. The van der Waals surface area contributed by atoms with Crippen LogP contribution >= 0.6 is 0 Å². The first-order chi connectivity index (χ1) is 5.04. The Morgan fingerprint density at radius 1 is 1.36 bits per heavy atom. The van der Waals surface area contributed by atoms with Crippen molar-refractivity contribution < 1.29 is 4.39 Å². The third kappa shape index (κ3) is 9.63. The van der Waals surface area contributed by atoms with Crippen molar-refractivity contribution in [3.63, 3.8) is 0 Å². The van der Waals surface area contributed by atoms with Gasteiger partial charge in [0, 0.05) is 6.04 Å². The lowest BCUT2D eigenvalue weighted by atomic mass is 10.2. The van der Waals surface area contributed by atoms with Gasteiger partial charge in [0.05, 0.1) is 0 Å². The van der Waals surface area contributed by atoms with Crippen molar-refractivity contribution in [2.45, 2.75) is 47.0 Å². The molecule has 0 amide bonds. The Hall–Kier alpha value is -0.370. The molecule has 0 aromatic heterocycles. The largest absolute Gasteiger partial charge is 0.282 e. The van der Waals surface area contributed by atoms with E-state index in [1.807, 2.05) is 27.7 Å². The maximum atomic E-state index is 12.2. The molecule has 68 valence electrons. The van der Waals surface area contributed by atoms with Crippen molar-refractivity contribution >= 4 is 0 Å². The zero-order valence-corrected chi connectivity index (χ0v) is 8.24. The average Bonchev–Trinajstić information content (AvgIpc) is 1.90. The first kappa shape index (κ1) is 13.2. The lowest BCUT2D eigenvalue weighted by molar-refractivity contribution is 0.284. The molecule has 2 unspecified atom stereocenters. The van der Waals surface area contributed by atoms with E-state index in [4.69, 9.17) is 0 Å². The summed E-state index contributed by atoms with van der Waals surface area (Å²) in [5, 5.41) is 2.68. The maximum Gasteiger partial charge on any atom is 0.148 e. The van der Waals surface area contributed by atoms with Gasteiger partial charge >= 0.3 is 0 Å². The van der Waals surface area contributed by atoms with Crippen molar-refractivity contribution in [2.75, 3.05) is 0 Å². The van der Waals surface area contributed by atoms with E-state index >= 15 is 0 Å². The molecule has 0 saturated heterocycles. The highest BCUT2D eigenvalue weighted by Gasteiger charge is 2.03. The Balaban J connectivity index is 0. The second kappa shape index (κ2) is 7.73. The molecule has 1 N–H and O–H groups in total. The zero-order valence-electron chi connectivity index (χ0n) is 8.24. The molecule has 11 heavy (non-hydrogen) atoms. The Bertz CT molecular complexity index is 99.7. The molecule has 2 heteroatoms. The quantitative estimate of drug-likeness (QED) is 0.495. The van der Waals surface area contributed by atoms with E-state index in [9.17, 15) is 4.39 Å². The molecule has 0 spiro atoms. The van der Waals surface area contributed by atoms with Gasteiger partial charge in [-0.05, 0) is 20.8 Å². The third-order valence-electron chi connectivity index (χ3n) is 1.22. The van der Waals surface area contributed by atoms with Crippen LogP contribution in [0.15, 0.2) is 12.2 Å². The van der Waals surface area contributed by atoms with Crippen molar-refractivity contribution in [3.8, 4) is 0 Å². The van der Waals surface area contributed by atoms with Gasteiger partial charge in [0.2, 0.25) is 0 Å². The minimum Gasteiger partial charge on any atom is -0.282 e. The van der Waals surface area contributed by atoms with Crippen LogP contribution in [0.5, 0.6) is 0 Å². The van der Waals surface area contributed by atoms with E-state index in [-0.39, 0.29) is 6.04 Å². The molecule has 0 heterocycles. The van der Waals surface area contributed by atoms with Crippen LogP contribution in [0.1, 0.15) is 34.6 Å². The van der Waals surface area contributed by atoms with Crippen LogP contribution in [0.25, 0.3) is 0 Å². The highest BCUT2D eigenvalue weighted by atomic mass is 19.1. The van der Waals surface area contributed by atoms with Crippen LogP contribution < -0.4 is 5.32 Å². The van der Waals surface area contributed by atoms with Crippen molar-refractivity contribution in [1.29, 1.82) is 0 Å². The molecule has 0 fully saturated rings. The Kier molecular flexibility index (Phi) is 9.31. The lowest BCUT2D eigenvalue weighted by Crippen LogP contribution is -2.31. The number of alkyl halides is 1. The maximum absolute atomic E-state index is 12.2. The summed E-state index contributed by atoms with van der Waals surface area (Å²) in [6.45, 7) is 12.9. The van der Waals surface area contributed by atoms with Gasteiger partial charge in [-0.2, -0.15) is 0 Å². The second-order valence-electron chi connectivity index (χ2n) is 2.35. The highest BCUT2D eigenvalue weighted by Crippen LogP contribution is 1.97. The molecular weight excluding hydrogens is 141 g/mol. The SMILES string of the molecule is C=C(C)C(C)NC(C)F.CC. The van der Waals surface area contributed by atoms with Crippen LogP contribution in [0.2, 0.25) is 0 Å². The molecule has 2 atom stereocenters. The number of hydrogen-bond acceptors (Lipinski definition) is 1. The molecule has 0 aliphatic carbocycles. The summed E-state index contributed by atoms with van der Waals surface area (Å²) < 4.78 is 12.2. The van der Waals surface area contributed by atoms with E-state index in [2.05, 4.69) is 11.9 Å². The Morgan fingerprint density at radius 3 is 1.82 bits per heavy atom. The van der Waals surface area contributed by atoms with Crippen molar-refractivity contribution in [2.24, 2.45) is 0 Å². The summed E-state index contributed by atoms with van der Waals surface area (Å²) in [7, 11) is 0. The lowest BCUT2D eigenvalue weighted by Gasteiger charge is -2.13. The third-order valence-corrected chi connectivity index (χ3v) is 1.22. The van der Waals surface area contributed by atoms with E-state index in [1.54, 1.807) is 0 Å². The van der Waals surface area contributed by atoms with Gasteiger partial charge in [-0.15, -0.1) is 0 Å². The zero-order chi connectivity index (χ0) is 9.44. The minimum atomic E-state index is -0.948. The molecule has 0 aromatic carbocycles. The van der Waals surface area contributed by atoms with Gasteiger partial charge in [0.25, 0.3) is 0 Å². The van der Waals surface area contributed by atoms with Crippen molar-refractivity contribution in [1.82, 2.24) is 5.32 Å². The predicted octanol–water partition coefficient (Wildman–Crippen LogP) is 2.88. The normalized spacial score (nSPS) is 14.4. The van der Waals surface area contributed by atoms with Crippen molar-refractivity contribution in [3.05, 3.63) is 12.2 Å². The Morgan fingerprint density at radius 2 is 1.73 bits per heavy atom. The molecule has 0 aliphatic rings. The van der Waals surface area contributed by atoms with Gasteiger partial charge in [0.1, 0.15) is 6.30 Å². The summed E-state index contributed by atoms with van der Waals surface area (Å²) in [5.74, 6) is 0. The number of hydrogen-bond donors (Lipinski definition) is 1. The van der Waals surface area contributed by atoms with Crippen LogP contribution in [0, 0.1) is 0 Å². The Labute approximate surface area is 69.7 Å². The summed E-state index contributed by atoms with van der Waals surface area (Å²) in [6, 6.07) is 0.0741. The molecule has 0 saturated carbocycles. The van der Waals surface area contributed by atoms with Gasteiger partial charge in [-0.1, -0.05) is 26.0 Å². The molecule has 0 rings (SSSR count). The summed E-state index contributed by atoms with van der Waals surface area (Å²) in [6.07, 6.45) is -0.948. The summed E-state index contributed by atoms with van der Waals surface area (Å²) in [4.78, 5) is 0. The smallest absolute Gasteiger partial charge is 0.148 e. The number of nitrogens with one attached hydrogen (secondary N) is 1. The molecule has 0 aromatic rings. The monoisotopic (exact) mass is 161 g/mol. The topological polar surface area (TPSA) is 12.0 Å². The number of rotatable bonds is 3. The first-order valence-electron chi connectivity index (χ1n) is 4.09. The van der Waals surface area contributed by atoms with Gasteiger partial charge in [0.15, 0.2) is 0 Å². The van der Waals surface area contributed by atoms with Gasteiger partial charge < -0.3 is 0 Å². The van der Waals surface area contributed by atoms with Crippen LogP contribution in [0.4, 0.5) is 4.39 Å². The van der Waals surface area contributed by atoms with Gasteiger partial charge in [-0.25, -0.2) is 4.39 Å². The molecule has 0 radical (unpaired) electrons. The summed E-state index contributed by atoms with van der Waals surface area (Å²) >= 11 is 0. The van der Waals surface area contributed by atoms with Gasteiger partial charge in [-0.3, -0.25) is 5.32 Å². The number of halogens is 1. The molecular formula is C9H20FN. The van der Waals surface area contributed by atoms with E-state index in [0.717, 1.165) is 5.57 Å². The van der Waals surface area contributed by atoms with E-state index in [0.29, 0.717) is 0 Å². The van der Waals surface area contributed by atoms with Crippen LogP contribution in [0.3, 0.4) is 0 Å². The van der Waals surface area contributed by atoms with E-state index < -0.39 is 6.30 Å². The average molecular weight is 161 g/mol. The van der Waals surface area contributed by atoms with E-state index in [1.165, 1.54) is 6.92 Å². The standard InChI is InChI=1S/C7H14FN.C2H6/c1-5(2)6(3)9-7(4)8;1-2/h6-7,9H,1H2,2-4H3;1-2H3. The summed E-state index contributed by atoms with van der Waals surface area (Å²) in [5.41, 5.74) is 0.958. The minimum absolute atomic E-state index is 0.0741. The fourth-order valence-corrected chi connectivity index (χ4v) is 0.487. The fourth-order valence-electron chi connectivity index (χ4n) is 0.487. The molecule has 0 bridgehead atoms. The first-order valence-corrected chi connectivity index (χ1v) is 4.09. The van der Waals surface area contributed by atoms with Crippen LogP contribution in [-0.4, -0.2) is 12.3 Å². The second-order valence-corrected chi connectivity index (χ2v) is 2.35. The fraction of sp³-hybridized carbons (Fsp3) is 0.778. The van der Waals surface area contributed by atoms with Crippen LogP contribution in [-0.2, 0) is 0 Å². The predicted molar refractivity (Wildman–Crippen MR) is 49.3 cm³/mol.